The molecular weight excluding hydrogens is 246 g/mol. The third kappa shape index (κ3) is 10.1. The summed E-state index contributed by atoms with van der Waals surface area (Å²) in [6, 6.07) is 0. The topological polar surface area (TPSA) is 84.2 Å². The van der Waals surface area contributed by atoms with Gasteiger partial charge in [0.1, 0.15) is 0 Å². The quantitative estimate of drug-likeness (QED) is 0.403. The molecule has 0 spiro atoms. The molecule has 0 aliphatic carbocycles. The Morgan fingerprint density at radius 3 is 2.38 bits per heavy atom. The number of hydrogen-bond donors (Lipinski definition) is 3. The van der Waals surface area contributed by atoms with Crippen LogP contribution in [0.25, 0.3) is 0 Å². The summed E-state index contributed by atoms with van der Waals surface area (Å²) in [7, 11) is 4.96. The van der Waals surface area contributed by atoms with Crippen LogP contribution in [0.3, 0.4) is 0 Å². The lowest BCUT2D eigenvalue weighted by Gasteiger charge is -2.04. The molecule has 0 saturated carbocycles. The molecule has 0 rings (SSSR count). The van der Waals surface area contributed by atoms with Gasteiger partial charge in [-0.15, -0.1) is 0 Å². The highest BCUT2D eigenvalue weighted by Crippen LogP contribution is 2.18. The van der Waals surface area contributed by atoms with Crippen molar-refractivity contribution < 1.29 is 9.59 Å². The Balaban J connectivity index is 3.27. The summed E-state index contributed by atoms with van der Waals surface area (Å²) >= 11 is 0. The van der Waals surface area contributed by atoms with E-state index in [1.165, 1.54) is 0 Å². The second-order valence-corrected chi connectivity index (χ2v) is 5.66. The number of hydrogen-bond acceptors (Lipinski definition) is 5. The summed E-state index contributed by atoms with van der Waals surface area (Å²) < 4.78 is 0. The summed E-state index contributed by atoms with van der Waals surface area (Å²) in [5.41, 5.74) is 5.33. The molecule has 4 N–H and O–H groups in total. The van der Waals surface area contributed by atoms with Gasteiger partial charge in [0.25, 0.3) is 0 Å². The van der Waals surface area contributed by atoms with E-state index in [9.17, 15) is 9.59 Å². The number of carbonyl (C=O) groups excluding carboxylic acids is 2. The van der Waals surface area contributed by atoms with E-state index in [0.717, 1.165) is 11.5 Å². The zero-order valence-corrected chi connectivity index (χ0v) is 11.1. The molecule has 7 heteroatoms. The molecule has 0 heterocycles. The van der Waals surface area contributed by atoms with Crippen LogP contribution in [-0.4, -0.2) is 43.5 Å². The van der Waals surface area contributed by atoms with Crippen molar-refractivity contribution >= 4 is 33.4 Å². The predicted octanol–water partition coefficient (Wildman–Crippen LogP) is -0.0311. The smallest absolute Gasteiger partial charge is 0.220 e. The second kappa shape index (κ2) is 11.1. The Kier molecular flexibility index (Phi) is 10.8. The summed E-state index contributed by atoms with van der Waals surface area (Å²) in [5.74, 6) is 1.60. The average molecular weight is 265 g/mol. The van der Waals surface area contributed by atoms with Crippen molar-refractivity contribution in [2.24, 2.45) is 5.73 Å². The normalized spacial score (nSPS) is 9.88. The molecule has 0 saturated heterocycles. The maximum absolute atomic E-state index is 11.2. The lowest BCUT2D eigenvalue weighted by atomic mass is 10.3. The minimum Gasteiger partial charge on any atom is -0.359 e. The second-order valence-electron chi connectivity index (χ2n) is 2.96. The molecule has 0 unspecified atom stereocenters. The van der Waals surface area contributed by atoms with Crippen molar-refractivity contribution in [1.29, 1.82) is 0 Å². The Bertz CT molecular complexity index is 215. The molecule has 2 amide bonds. The van der Waals surface area contributed by atoms with Crippen molar-refractivity contribution in [3.05, 3.63) is 0 Å². The van der Waals surface area contributed by atoms with Crippen LogP contribution in [0.5, 0.6) is 0 Å². The summed E-state index contributed by atoms with van der Waals surface area (Å²) in [6.45, 7) is 1.31. The van der Waals surface area contributed by atoms with Gasteiger partial charge in [0.05, 0.1) is 0 Å². The van der Waals surface area contributed by atoms with E-state index in [0.29, 0.717) is 13.1 Å². The van der Waals surface area contributed by atoms with E-state index in [1.807, 2.05) is 0 Å². The van der Waals surface area contributed by atoms with E-state index in [-0.39, 0.29) is 24.7 Å². The van der Waals surface area contributed by atoms with E-state index in [4.69, 9.17) is 5.73 Å². The number of nitrogens with two attached hydrogens (primary N) is 1. The summed E-state index contributed by atoms with van der Waals surface area (Å²) in [5, 5.41) is 5.23. The predicted molar refractivity (Wildman–Crippen MR) is 70.3 cm³/mol. The van der Waals surface area contributed by atoms with Crippen molar-refractivity contribution in [2.75, 3.05) is 31.6 Å². The van der Waals surface area contributed by atoms with Crippen molar-refractivity contribution in [3.8, 4) is 0 Å². The summed E-state index contributed by atoms with van der Waals surface area (Å²) in [4.78, 5) is 22.1. The van der Waals surface area contributed by atoms with Gasteiger partial charge in [-0.25, -0.2) is 0 Å². The monoisotopic (exact) mass is 265 g/mol. The molecule has 0 aliphatic heterocycles. The first-order chi connectivity index (χ1) is 7.70. The Labute approximate surface area is 104 Å². The highest BCUT2D eigenvalue weighted by Gasteiger charge is 2.04. The fourth-order valence-electron chi connectivity index (χ4n) is 0.839. The van der Waals surface area contributed by atoms with E-state index in [1.54, 1.807) is 28.6 Å². The molecule has 0 atom stereocenters. The van der Waals surface area contributed by atoms with Gasteiger partial charge in [-0.1, -0.05) is 21.6 Å². The van der Waals surface area contributed by atoms with Crippen LogP contribution in [0, 0.1) is 0 Å². The van der Waals surface area contributed by atoms with Crippen LogP contribution in [0.4, 0.5) is 0 Å². The SMILES string of the molecule is CNC(=O)CCC(=O)NCCSSCCN. The Morgan fingerprint density at radius 1 is 1.12 bits per heavy atom. The molecule has 0 radical (unpaired) electrons. The van der Waals surface area contributed by atoms with Crippen LogP contribution < -0.4 is 16.4 Å². The first-order valence-corrected chi connectivity index (χ1v) is 7.61. The van der Waals surface area contributed by atoms with Gasteiger partial charge in [0.2, 0.25) is 11.8 Å². The minimum atomic E-state index is -0.108. The van der Waals surface area contributed by atoms with Crippen molar-refractivity contribution in [2.45, 2.75) is 12.8 Å². The van der Waals surface area contributed by atoms with E-state index >= 15 is 0 Å². The highest BCUT2D eigenvalue weighted by molar-refractivity contribution is 8.76. The largest absolute Gasteiger partial charge is 0.359 e. The van der Waals surface area contributed by atoms with Crippen LogP contribution in [0.1, 0.15) is 12.8 Å². The first kappa shape index (κ1) is 15.6. The average Bonchev–Trinajstić information content (AvgIpc) is 2.30. The highest BCUT2D eigenvalue weighted by atomic mass is 33.1. The van der Waals surface area contributed by atoms with Crippen LogP contribution in [0.2, 0.25) is 0 Å². The molecule has 0 bridgehead atoms. The maximum Gasteiger partial charge on any atom is 0.220 e. The molecule has 0 aromatic rings. The molecule has 0 aliphatic rings. The van der Waals surface area contributed by atoms with E-state index < -0.39 is 0 Å². The Hall–Kier alpha value is -0.400. The fourth-order valence-corrected chi connectivity index (χ4v) is 2.60. The Morgan fingerprint density at radius 2 is 1.75 bits per heavy atom. The third-order valence-electron chi connectivity index (χ3n) is 1.65. The molecule has 0 fully saturated rings. The van der Waals surface area contributed by atoms with Gasteiger partial charge < -0.3 is 16.4 Å². The lowest BCUT2D eigenvalue weighted by Crippen LogP contribution is -2.27. The molecule has 5 nitrogen and oxygen atoms in total. The van der Waals surface area contributed by atoms with Crippen LogP contribution in [-0.2, 0) is 9.59 Å². The minimum absolute atomic E-state index is 0.0759. The fraction of sp³-hybridized carbons (Fsp3) is 0.778. The molecule has 16 heavy (non-hydrogen) atoms. The maximum atomic E-state index is 11.2. The zero-order valence-electron chi connectivity index (χ0n) is 9.45. The molecule has 94 valence electrons. The molecular formula is C9H19N3O2S2. The van der Waals surface area contributed by atoms with Gasteiger partial charge in [0, 0.05) is 44.5 Å². The zero-order chi connectivity index (χ0) is 12.2. The number of amides is 2. The number of carbonyl (C=O) groups is 2. The van der Waals surface area contributed by atoms with Gasteiger partial charge in [-0.05, 0) is 0 Å². The third-order valence-corrected chi connectivity index (χ3v) is 4.09. The van der Waals surface area contributed by atoms with Crippen molar-refractivity contribution in [3.63, 3.8) is 0 Å². The summed E-state index contributed by atoms with van der Waals surface area (Å²) in [6.07, 6.45) is 0.498. The van der Waals surface area contributed by atoms with Gasteiger partial charge >= 0.3 is 0 Å². The van der Waals surface area contributed by atoms with Crippen molar-refractivity contribution in [1.82, 2.24) is 10.6 Å². The standard InChI is InChI=1S/C9H19N3O2S2/c1-11-8(13)2-3-9(14)12-5-7-16-15-6-4-10/h2-7,10H2,1H3,(H,11,13)(H,12,14). The first-order valence-electron chi connectivity index (χ1n) is 5.12. The van der Waals surface area contributed by atoms with Gasteiger partial charge in [-0.2, -0.15) is 0 Å². The number of nitrogens with one attached hydrogen (secondary N) is 2. The van der Waals surface area contributed by atoms with Gasteiger partial charge in [-0.3, -0.25) is 9.59 Å². The number of rotatable bonds is 9. The lowest BCUT2D eigenvalue weighted by molar-refractivity contribution is -0.126. The molecule has 0 aromatic heterocycles. The van der Waals surface area contributed by atoms with Crippen LogP contribution >= 0.6 is 21.6 Å². The van der Waals surface area contributed by atoms with Crippen LogP contribution in [0.15, 0.2) is 0 Å². The van der Waals surface area contributed by atoms with Gasteiger partial charge in [0.15, 0.2) is 0 Å². The van der Waals surface area contributed by atoms with E-state index in [2.05, 4.69) is 10.6 Å². The molecule has 0 aromatic carbocycles.